The molecule has 6 amide bonds. The van der Waals surface area contributed by atoms with Crippen molar-refractivity contribution >= 4 is 45.5 Å². The molecule has 27 heavy (non-hydrogen) atoms. The molecule has 0 atom stereocenters. The smallest absolute Gasteiger partial charge is 0.321 e. The van der Waals surface area contributed by atoms with Gasteiger partial charge in [-0.2, -0.15) is 0 Å². The Kier molecular flexibility index (Phi) is 12.8. The molecule has 4 N–H and O–H groups in total. The van der Waals surface area contributed by atoms with E-state index in [1.807, 2.05) is 0 Å². The lowest BCUT2D eigenvalue weighted by molar-refractivity contribution is -0.120. The van der Waals surface area contributed by atoms with Gasteiger partial charge in [0.2, 0.25) is 11.8 Å². The van der Waals surface area contributed by atoms with Gasteiger partial charge in [-0.1, -0.05) is 54.2 Å². The molecule has 154 valence electrons. The van der Waals surface area contributed by atoms with Crippen molar-refractivity contribution in [3.63, 3.8) is 0 Å². The van der Waals surface area contributed by atoms with Crippen LogP contribution < -0.4 is 21.3 Å². The lowest BCUT2D eigenvalue weighted by Crippen LogP contribution is -2.44. The minimum Gasteiger partial charge on any atom is -0.337 e. The molecule has 0 aromatic rings. The summed E-state index contributed by atoms with van der Waals surface area (Å²) in [7, 11) is 2.73. The topological polar surface area (TPSA) is 116 Å². The Labute approximate surface area is 168 Å². The number of hydrogen-bond acceptors (Lipinski definition) is 6. The van der Waals surface area contributed by atoms with Gasteiger partial charge in [-0.15, -0.1) is 0 Å². The molecule has 1 fully saturated rings. The minimum atomic E-state index is -0.497. The zero-order chi connectivity index (χ0) is 19.9. The first kappa shape index (κ1) is 23.6. The molecular formula is C17H30N4O4S2. The molecule has 0 aliphatic heterocycles. The number of unbranched alkanes of at least 4 members (excludes halogenated alkanes) is 2. The van der Waals surface area contributed by atoms with E-state index in [-0.39, 0.29) is 23.6 Å². The second-order valence-corrected chi connectivity index (χ2v) is 8.93. The fourth-order valence-electron chi connectivity index (χ4n) is 2.58. The van der Waals surface area contributed by atoms with E-state index in [9.17, 15) is 19.2 Å². The molecule has 0 aromatic heterocycles. The normalized spacial score (nSPS) is 13.8. The van der Waals surface area contributed by atoms with Crippen molar-refractivity contribution in [1.29, 1.82) is 0 Å². The fraction of sp³-hybridized carbons (Fsp3) is 0.765. The number of carbonyl (C=O) groups excluding carboxylic acids is 4. The number of urea groups is 2. The summed E-state index contributed by atoms with van der Waals surface area (Å²) in [6, 6.07) is -0.751. The SMILES string of the molecule is CCCCCC(=O)NC(=O)NCCSSCC(=O)NC(=O)NC1CCCC1. The first-order valence-corrected chi connectivity index (χ1v) is 11.9. The highest BCUT2D eigenvalue weighted by Gasteiger charge is 2.18. The largest absolute Gasteiger partial charge is 0.337 e. The first-order chi connectivity index (χ1) is 13.0. The Morgan fingerprint density at radius 2 is 1.63 bits per heavy atom. The van der Waals surface area contributed by atoms with Gasteiger partial charge in [0.25, 0.3) is 0 Å². The van der Waals surface area contributed by atoms with Gasteiger partial charge in [-0.3, -0.25) is 20.2 Å². The van der Waals surface area contributed by atoms with E-state index in [0.29, 0.717) is 18.7 Å². The molecule has 1 aliphatic rings. The monoisotopic (exact) mass is 418 g/mol. The Hall–Kier alpha value is -1.42. The fourth-order valence-corrected chi connectivity index (χ4v) is 4.32. The molecule has 0 saturated heterocycles. The van der Waals surface area contributed by atoms with Crippen LogP contribution in [0.25, 0.3) is 0 Å². The second kappa shape index (κ2) is 14.6. The third-order valence-corrected chi connectivity index (χ3v) is 6.22. The Balaban J connectivity index is 1.96. The maximum Gasteiger partial charge on any atom is 0.321 e. The van der Waals surface area contributed by atoms with Gasteiger partial charge < -0.3 is 10.6 Å². The van der Waals surface area contributed by atoms with Crippen molar-refractivity contribution in [3.8, 4) is 0 Å². The van der Waals surface area contributed by atoms with Gasteiger partial charge in [-0.05, 0) is 19.3 Å². The summed E-state index contributed by atoms with van der Waals surface area (Å²) in [6.07, 6.45) is 7.30. The predicted molar refractivity (Wildman–Crippen MR) is 110 cm³/mol. The highest BCUT2D eigenvalue weighted by atomic mass is 33.1. The molecular weight excluding hydrogens is 388 g/mol. The van der Waals surface area contributed by atoms with Gasteiger partial charge in [-0.25, -0.2) is 9.59 Å². The molecule has 0 aromatic carbocycles. The van der Waals surface area contributed by atoms with Crippen LogP contribution in [-0.4, -0.2) is 48.0 Å². The lowest BCUT2D eigenvalue weighted by Gasteiger charge is -2.12. The minimum absolute atomic E-state index is 0.158. The van der Waals surface area contributed by atoms with E-state index >= 15 is 0 Å². The van der Waals surface area contributed by atoms with Crippen molar-refractivity contribution in [3.05, 3.63) is 0 Å². The van der Waals surface area contributed by atoms with Crippen LogP contribution in [0, 0.1) is 0 Å². The van der Waals surface area contributed by atoms with Crippen LogP contribution in [0.15, 0.2) is 0 Å². The van der Waals surface area contributed by atoms with Gasteiger partial charge in [0.05, 0.1) is 5.75 Å². The predicted octanol–water partition coefficient (Wildman–Crippen LogP) is 2.54. The van der Waals surface area contributed by atoms with Crippen LogP contribution in [0.5, 0.6) is 0 Å². The standard InChI is InChI=1S/C17H30N4O4S2/c1-2-3-4-9-14(22)20-16(24)18-10-11-26-27-12-15(23)21-17(25)19-13-7-5-6-8-13/h13H,2-12H2,1H3,(H2,18,20,22,24)(H2,19,21,23,25). The van der Waals surface area contributed by atoms with E-state index in [0.717, 1.165) is 44.9 Å². The van der Waals surface area contributed by atoms with E-state index < -0.39 is 12.1 Å². The van der Waals surface area contributed by atoms with E-state index in [2.05, 4.69) is 28.2 Å². The van der Waals surface area contributed by atoms with Crippen LogP contribution in [0.1, 0.15) is 58.3 Å². The molecule has 1 aliphatic carbocycles. The Morgan fingerprint density at radius 1 is 0.926 bits per heavy atom. The number of hydrogen-bond donors (Lipinski definition) is 4. The molecule has 0 bridgehead atoms. The highest BCUT2D eigenvalue weighted by Crippen LogP contribution is 2.20. The summed E-state index contributed by atoms with van der Waals surface area (Å²) in [6.45, 7) is 2.44. The van der Waals surface area contributed by atoms with Crippen molar-refractivity contribution in [1.82, 2.24) is 21.3 Å². The average Bonchev–Trinajstić information content (AvgIpc) is 3.10. The third kappa shape index (κ3) is 12.6. The molecule has 0 heterocycles. The maximum absolute atomic E-state index is 11.7. The average molecular weight is 419 g/mol. The number of rotatable bonds is 11. The van der Waals surface area contributed by atoms with Gasteiger partial charge in [0.15, 0.2) is 0 Å². The van der Waals surface area contributed by atoms with E-state index in [4.69, 9.17) is 0 Å². The number of carbonyl (C=O) groups is 4. The van der Waals surface area contributed by atoms with E-state index in [1.54, 1.807) is 0 Å². The Morgan fingerprint density at radius 3 is 2.33 bits per heavy atom. The van der Waals surface area contributed by atoms with Crippen molar-refractivity contribution in [2.24, 2.45) is 0 Å². The van der Waals surface area contributed by atoms with Crippen LogP contribution >= 0.6 is 21.6 Å². The molecule has 1 rings (SSSR count). The summed E-state index contributed by atoms with van der Waals surface area (Å²) >= 11 is 0. The van der Waals surface area contributed by atoms with E-state index in [1.165, 1.54) is 21.6 Å². The van der Waals surface area contributed by atoms with Gasteiger partial charge in [0, 0.05) is 24.8 Å². The summed E-state index contributed by atoms with van der Waals surface area (Å²) in [5.41, 5.74) is 0. The van der Waals surface area contributed by atoms with Crippen LogP contribution in [0.4, 0.5) is 9.59 Å². The third-order valence-electron chi connectivity index (χ3n) is 3.95. The van der Waals surface area contributed by atoms with Crippen LogP contribution in [0.2, 0.25) is 0 Å². The van der Waals surface area contributed by atoms with Crippen LogP contribution in [-0.2, 0) is 9.59 Å². The molecule has 1 saturated carbocycles. The summed E-state index contributed by atoms with van der Waals surface area (Å²) < 4.78 is 0. The van der Waals surface area contributed by atoms with Crippen molar-refractivity contribution in [2.75, 3.05) is 18.1 Å². The lowest BCUT2D eigenvalue weighted by atomic mass is 10.2. The first-order valence-electron chi connectivity index (χ1n) is 9.43. The molecule has 0 radical (unpaired) electrons. The summed E-state index contributed by atoms with van der Waals surface area (Å²) in [4.78, 5) is 46.3. The zero-order valence-corrected chi connectivity index (χ0v) is 17.4. The molecule has 8 nitrogen and oxygen atoms in total. The molecule has 0 spiro atoms. The quantitative estimate of drug-likeness (QED) is 0.303. The molecule has 10 heteroatoms. The number of imide groups is 2. The summed E-state index contributed by atoms with van der Waals surface area (Å²) in [5, 5.41) is 9.99. The zero-order valence-electron chi connectivity index (χ0n) is 15.8. The number of amides is 6. The van der Waals surface area contributed by atoms with Gasteiger partial charge in [0.1, 0.15) is 0 Å². The maximum atomic E-state index is 11.7. The molecule has 0 unspecified atom stereocenters. The van der Waals surface area contributed by atoms with Crippen LogP contribution in [0.3, 0.4) is 0 Å². The van der Waals surface area contributed by atoms with Gasteiger partial charge >= 0.3 is 12.1 Å². The second-order valence-electron chi connectivity index (χ2n) is 6.35. The van der Waals surface area contributed by atoms with Crippen molar-refractivity contribution < 1.29 is 19.2 Å². The van der Waals surface area contributed by atoms with Crippen molar-refractivity contribution in [2.45, 2.75) is 64.3 Å². The highest BCUT2D eigenvalue weighted by molar-refractivity contribution is 8.76. The Bertz CT molecular complexity index is 499. The number of nitrogens with one attached hydrogen (secondary N) is 4. The summed E-state index contributed by atoms with van der Waals surface area (Å²) in [5.74, 6) is 0.135.